The number of aryl methyl sites for hydroxylation is 2. The molecule has 0 fully saturated rings. The normalized spacial score (nSPS) is 10.3. The van der Waals surface area contributed by atoms with Gasteiger partial charge in [0, 0.05) is 6.92 Å². The Balaban J connectivity index is 1.96. The van der Waals surface area contributed by atoms with Crippen molar-refractivity contribution in [3.63, 3.8) is 0 Å². The first-order valence-corrected chi connectivity index (χ1v) is 4.72. The van der Waals surface area contributed by atoms with E-state index in [1.165, 1.54) is 5.56 Å². The zero-order valence-corrected chi connectivity index (χ0v) is 8.73. The molecular formula is C11H12N2O2. The molecule has 1 aromatic carbocycles. The van der Waals surface area contributed by atoms with Crippen LogP contribution in [0.4, 0.5) is 0 Å². The number of nitrogens with zero attached hydrogens (tertiary/aromatic N) is 2. The molecule has 0 amide bonds. The largest absolute Gasteiger partial charge is 0.484 e. The lowest BCUT2D eigenvalue weighted by molar-refractivity contribution is 0.260. The summed E-state index contributed by atoms with van der Waals surface area (Å²) in [7, 11) is 0. The zero-order chi connectivity index (χ0) is 10.7. The van der Waals surface area contributed by atoms with Crippen LogP contribution in [0.5, 0.6) is 5.75 Å². The quantitative estimate of drug-likeness (QED) is 0.769. The van der Waals surface area contributed by atoms with E-state index in [2.05, 4.69) is 10.2 Å². The average Bonchev–Trinajstić information content (AvgIpc) is 2.64. The fourth-order valence-corrected chi connectivity index (χ4v) is 1.18. The van der Waals surface area contributed by atoms with Crippen molar-refractivity contribution in [3.05, 3.63) is 41.6 Å². The van der Waals surface area contributed by atoms with Gasteiger partial charge in [-0.25, -0.2) is 0 Å². The Bertz CT molecular complexity index is 434. The Morgan fingerprint density at radius 1 is 1.13 bits per heavy atom. The Hall–Kier alpha value is -1.84. The summed E-state index contributed by atoms with van der Waals surface area (Å²) in [6.45, 7) is 4.09. The van der Waals surface area contributed by atoms with E-state index in [0.717, 1.165) is 5.75 Å². The second-order valence-electron chi connectivity index (χ2n) is 3.32. The van der Waals surface area contributed by atoms with Gasteiger partial charge in [0.25, 0.3) is 5.89 Å². The van der Waals surface area contributed by atoms with E-state index in [-0.39, 0.29) is 0 Å². The Morgan fingerprint density at radius 2 is 1.87 bits per heavy atom. The second kappa shape index (κ2) is 4.13. The van der Waals surface area contributed by atoms with Crippen LogP contribution in [0.3, 0.4) is 0 Å². The second-order valence-corrected chi connectivity index (χ2v) is 3.32. The van der Waals surface area contributed by atoms with E-state index in [1.54, 1.807) is 6.92 Å². The third-order valence-corrected chi connectivity index (χ3v) is 1.95. The smallest absolute Gasteiger partial charge is 0.253 e. The topological polar surface area (TPSA) is 48.2 Å². The van der Waals surface area contributed by atoms with Gasteiger partial charge in [-0.05, 0) is 19.1 Å². The van der Waals surface area contributed by atoms with E-state index in [4.69, 9.17) is 9.15 Å². The first-order chi connectivity index (χ1) is 7.24. The fourth-order valence-electron chi connectivity index (χ4n) is 1.18. The van der Waals surface area contributed by atoms with Crippen molar-refractivity contribution >= 4 is 0 Å². The molecule has 1 heterocycles. The molecule has 0 saturated carbocycles. The van der Waals surface area contributed by atoms with Gasteiger partial charge in [-0.1, -0.05) is 17.7 Å². The molecule has 4 heteroatoms. The van der Waals surface area contributed by atoms with Gasteiger partial charge in [-0.15, -0.1) is 10.2 Å². The Morgan fingerprint density at radius 3 is 2.47 bits per heavy atom. The molecule has 0 bridgehead atoms. The third kappa shape index (κ3) is 2.56. The number of rotatable bonds is 3. The molecular weight excluding hydrogens is 192 g/mol. The van der Waals surface area contributed by atoms with Gasteiger partial charge in [0.15, 0.2) is 6.61 Å². The van der Waals surface area contributed by atoms with Crippen LogP contribution < -0.4 is 4.74 Å². The van der Waals surface area contributed by atoms with Crippen LogP contribution >= 0.6 is 0 Å². The first kappa shape index (κ1) is 9.71. The third-order valence-electron chi connectivity index (χ3n) is 1.95. The lowest BCUT2D eigenvalue weighted by atomic mass is 10.2. The highest BCUT2D eigenvalue weighted by molar-refractivity contribution is 5.26. The van der Waals surface area contributed by atoms with E-state index >= 15 is 0 Å². The van der Waals surface area contributed by atoms with Crippen molar-refractivity contribution < 1.29 is 9.15 Å². The minimum absolute atomic E-state index is 0.309. The predicted octanol–water partition coefficient (Wildman–Crippen LogP) is 2.27. The fraction of sp³-hybridized carbons (Fsp3) is 0.273. The summed E-state index contributed by atoms with van der Waals surface area (Å²) >= 11 is 0. The molecule has 0 saturated heterocycles. The molecule has 0 aliphatic carbocycles. The lowest BCUT2D eigenvalue weighted by Gasteiger charge is -2.02. The summed E-state index contributed by atoms with van der Waals surface area (Å²) in [6.07, 6.45) is 0. The molecule has 0 aliphatic rings. The SMILES string of the molecule is Cc1ccc(OCc2nnc(C)o2)cc1. The van der Waals surface area contributed by atoms with Crippen molar-refractivity contribution in [2.45, 2.75) is 20.5 Å². The Labute approximate surface area is 87.9 Å². The van der Waals surface area contributed by atoms with Crippen molar-refractivity contribution in [3.8, 4) is 5.75 Å². The van der Waals surface area contributed by atoms with Gasteiger partial charge in [-0.2, -0.15) is 0 Å². The predicted molar refractivity (Wildman–Crippen MR) is 54.5 cm³/mol. The number of hydrogen-bond acceptors (Lipinski definition) is 4. The van der Waals surface area contributed by atoms with Crippen molar-refractivity contribution in [1.82, 2.24) is 10.2 Å². The van der Waals surface area contributed by atoms with Crippen LogP contribution in [0, 0.1) is 13.8 Å². The lowest BCUT2D eigenvalue weighted by Crippen LogP contribution is -1.95. The van der Waals surface area contributed by atoms with Gasteiger partial charge in [-0.3, -0.25) is 0 Å². The van der Waals surface area contributed by atoms with Crippen LogP contribution in [0.2, 0.25) is 0 Å². The van der Waals surface area contributed by atoms with Crippen LogP contribution in [0.25, 0.3) is 0 Å². The molecule has 0 atom stereocenters. The van der Waals surface area contributed by atoms with Gasteiger partial charge >= 0.3 is 0 Å². The summed E-state index contributed by atoms with van der Waals surface area (Å²) in [5.74, 6) is 1.85. The summed E-state index contributed by atoms with van der Waals surface area (Å²) < 4.78 is 10.6. The standard InChI is InChI=1S/C11H12N2O2/c1-8-3-5-10(6-4-8)14-7-11-13-12-9(2)15-11/h3-6H,7H2,1-2H3. The molecule has 2 rings (SSSR count). The van der Waals surface area contributed by atoms with Crippen LogP contribution in [0.1, 0.15) is 17.3 Å². The molecule has 0 unspecified atom stereocenters. The average molecular weight is 204 g/mol. The molecule has 78 valence electrons. The molecule has 0 spiro atoms. The number of benzene rings is 1. The van der Waals surface area contributed by atoms with Crippen molar-refractivity contribution in [2.24, 2.45) is 0 Å². The maximum absolute atomic E-state index is 5.46. The minimum atomic E-state index is 0.309. The van der Waals surface area contributed by atoms with Gasteiger partial charge in [0.1, 0.15) is 5.75 Å². The summed E-state index contributed by atoms with van der Waals surface area (Å²) in [5, 5.41) is 7.55. The highest BCUT2D eigenvalue weighted by Gasteiger charge is 2.02. The number of aromatic nitrogens is 2. The Kier molecular flexibility index (Phi) is 2.67. The molecule has 2 aromatic rings. The molecule has 1 aromatic heterocycles. The zero-order valence-electron chi connectivity index (χ0n) is 8.73. The van der Waals surface area contributed by atoms with E-state index in [0.29, 0.717) is 18.4 Å². The maximum atomic E-state index is 5.46. The maximum Gasteiger partial charge on any atom is 0.253 e. The molecule has 0 N–H and O–H groups in total. The highest BCUT2D eigenvalue weighted by Crippen LogP contribution is 2.13. The molecule has 4 nitrogen and oxygen atoms in total. The molecule has 0 aliphatic heterocycles. The van der Waals surface area contributed by atoms with E-state index < -0.39 is 0 Å². The van der Waals surface area contributed by atoms with Crippen LogP contribution in [-0.4, -0.2) is 10.2 Å². The minimum Gasteiger partial charge on any atom is -0.484 e. The van der Waals surface area contributed by atoms with Crippen LogP contribution in [0.15, 0.2) is 28.7 Å². The summed E-state index contributed by atoms with van der Waals surface area (Å²) in [5.41, 5.74) is 1.20. The van der Waals surface area contributed by atoms with Crippen molar-refractivity contribution in [2.75, 3.05) is 0 Å². The molecule has 0 radical (unpaired) electrons. The number of ether oxygens (including phenoxy) is 1. The van der Waals surface area contributed by atoms with Crippen molar-refractivity contribution in [1.29, 1.82) is 0 Å². The van der Waals surface area contributed by atoms with Crippen LogP contribution in [-0.2, 0) is 6.61 Å². The van der Waals surface area contributed by atoms with E-state index in [1.807, 2.05) is 31.2 Å². The molecule has 15 heavy (non-hydrogen) atoms. The summed E-state index contributed by atoms with van der Waals surface area (Å²) in [6, 6.07) is 7.82. The summed E-state index contributed by atoms with van der Waals surface area (Å²) in [4.78, 5) is 0. The van der Waals surface area contributed by atoms with E-state index in [9.17, 15) is 0 Å². The first-order valence-electron chi connectivity index (χ1n) is 4.72. The van der Waals surface area contributed by atoms with Gasteiger partial charge in [0.2, 0.25) is 5.89 Å². The van der Waals surface area contributed by atoms with Gasteiger partial charge < -0.3 is 9.15 Å². The highest BCUT2D eigenvalue weighted by atomic mass is 16.5. The van der Waals surface area contributed by atoms with Gasteiger partial charge in [0.05, 0.1) is 0 Å². The monoisotopic (exact) mass is 204 g/mol. The number of hydrogen-bond donors (Lipinski definition) is 0.